The predicted molar refractivity (Wildman–Crippen MR) is 83.7 cm³/mol. The minimum absolute atomic E-state index is 0.0338. The van der Waals surface area contributed by atoms with Gasteiger partial charge in [-0.1, -0.05) is 34.6 Å². The van der Waals surface area contributed by atoms with Crippen molar-refractivity contribution in [1.82, 2.24) is 19.6 Å². The Morgan fingerprint density at radius 2 is 1.95 bits per heavy atom. The van der Waals surface area contributed by atoms with Crippen LogP contribution in [0.5, 0.6) is 0 Å². The minimum atomic E-state index is -0.0338. The van der Waals surface area contributed by atoms with Crippen molar-refractivity contribution in [3.8, 4) is 0 Å². The van der Waals surface area contributed by atoms with Crippen molar-refractivity contribution in [3.05, 3.63) is 17.6 Å². The zero-order valence-electron chi connectivity index (χ0n) is 13.5. The molecule has 0 aromatic carbocycles. The first kappa shape index (κ1) is 15.7. The largest absolute Gasteiger partial charge is 0.394 e. The molecule has 116 valence electrons. The first-order chi connectivity index (χ1) is 9.97. The van der Waals surface area contributed by atoms with Crippen molar-refractivity contribution < 1.29 is 5.11 Å². The molecule has 0 bridgehead atoms. The molecule has 0 saturated heterocycles. The van der Waals surface area contributed by atoms with Crippen molar-refractivity contribution >= 4 is 11.6 Å². The fourth-order valence-electron chi connectivity index (χ4n) is 2.22. The van der Waals surface area contributed by atoms with Crippen LogP contribution in [0.25, 0.3) is 5.65 Å². The number of hydrogen-bond acceptors (Lipinski definition) is 5. The van der Waals surface area contributed by atoms with Crippen LogP contribution in [0.2, 0.25) is 0 Å². The van der Waals surface area contributed by atoms with Crippen LogP contribution in [0.15, 0.2) is 6.20 Å². The predicted octanol–water partition coefficient (Wildman–Crippen LogP) is 2.55. The van der Waals surface area contributed by atoms with Gasteiger partial charge in [0.25, 0.3) is 0 Å². The van der Waals surface area contributed by atoms with Crippen molar-refractivity contribution in [3.63, 3.8) is 0 Å². The van der Waals surface area contributed by atoms with E-state index >= 15 is 0 Å². The maximum atomic E-state index is 9.34. The topological polar surface area (TPSA) is 75.3 Å². The summed E-state index contributed by atoms with van der Waals surface area (Å²) in [6.07, 6.45) is 2.68. The molecule has 0 amide bonds. The monoisotopic (exact) mass is 291 g/mol. The third-order valence-electron chi connectivity index (χ3n) is 3.60. The molecule has 6 nitrogen and oxygen atoms in total. The molecule has 0 saturated carbocycles. The number of aliphatic hydroxyl groups excluding tert-OH is 1. The molecule has 2 heterocycles. The third kappa shape index (κ3) is 3.15. The lowest BCUT2D eigenvalue weighted by atomic mass is 10.1. The molecule has 0 aliphatic rings. The van der Waals surface area contributed by atoms with Crippen LogP contribution >= 0.6 is 0 Å². The second-order valence-corrected chi connectivity index (χ2v) is 5.98. The van der Waals surface area contributed by atoms with E-state index in [9.17, 15) is 5.11 Å². The Hall–Kier alpha value is -1.69. The van der Waals surface area contributed by atoms with Crippen LogP contribution in [-0.2, 0) is 0 Å². The molecule has 2 N–H and O–H groups in total. The maximum Gasteiger partial charge on any atom is 0.241 e. The van der Waals surface area contributed by atoms with Crippen LogP contribution in [0.4, 0.5) is 5.95 Å². The summed E-state index contributed by atoms with van der Waals surface area (Å²) < 4.78 is 1.87. The van der Waals surface area contributed by atoms with Crippen LogP contribution in [0.3, 0.4) is 0 Å². The Balaban J connectivity index is 2.54. The number of nitrogens with zero attached hydrogens (tertiary/aromatic N) is 4. The molecule has 0 aliphatic carbocycles. The number of fused-ring (bicyclic) bond motifs is 1. The van der Waals surface area contributed by atoms with Crippen molar-refractivity contribution in [1.29, 1.82) is 0 Å². The van der Waals surface area contributed by atoms with Gasteiger partial charge >= 0.3 is 0 Å². The number of hydrogen-bond donors (Lipinski definition) is 2. The van der Waals surface area contributed by atoms with E-state index in [1.165, 1.54) is 0 Å². The summed E-state index contributed by atoms with van der Waals surface area (Å²) in [7, 11) is 0. The normalized spacial score (nSPS) is 13.3. The quantitative estimate of drug-likeness (QED) is 0.855. The molecule has 21 heavy (non-hydrogen) atoms. The lowest BCUT2D eigenvalue weighted by Gasteiger charge is -2.16. The number of aliphatic hydroxyl groups is 1. The summed E-state index contributed by atoms with van der Waals surface area (Å²) in [5.74, 6) is 1.14. The number of anilines is 1. The standard InChI is InChI=1S/C15H25N5O/c1-6-11(8-21)17-15-18-13(10(4)5)14-16-7-12(9(2)3)20(14)19-15/h7,9-11,21H,6,8H2,1-5H3,(H,17,19)/t11-/m1/s1. The lowest BCUT2D eigenvalue weighted by Crippen LogP contribution is -2.25. The van der Waals surface area contributed by atoms with Gasteiger partial charge in [0.05, 0.1) is 30.2 Å². The fourth-order valence-corrected chi connectivity index (χ4v) is 2.22. The van der Waals surface area contributed by atoms with E-state index in [0.717, 1.165) is 23.5 Å². The molecule has 6 heteroatoms. The van der Waals surface area contributed by atoms with Gasteiger partial charge in [0.2, 0.25) is 5.95 Å². The van der Waals surface area contributed by atoms with Crippen molar-refractivity contribution in [2.45, 2.75) is 58.9 Å². The number of imidazole rings is 1. The minimum Gasteiger partial charge on any atom is -0.394 e. The Labute approximate surface area is 125 Å². The van der Waals surface area contributed by atoms with Gasteiger partial charge < -0.3 is 10.4 Å². The second-order valence-electron chi connectivity index (χ2n) is 5.98. The zero-order valence-corrected chi connectivity index (χ0v) is 13.5. The fraction of sp³-hybridized carbons (Fsp3) is 0.667. The molecule has 0 radical (unpaired) electrons. The van der Waals surface area contributed by atoms with Crippen molar-refractivity contribution in [2.75, 3.05) is 11.9 Å². The summed E-state index contributed by atoms with van der Waals surface area (Å²) >= 11 is 0. The molecule has 1 atom stereocenters. The van der Waals surface area contributed by atoms with E-state index < -0.39 is 0 Å². The van der Waals surface area contributed by atoms with E-state index in [0.29, 0.717) is 11.9 Å². The molecular weight excluding hydrogens is 266 g/mol. The highest BCUT2D eigenvalue weighted by atomic mass is 16.3. The van der Waals surface area contributed by atoms with Gasteiger partial charge in [0, 0.05) is 0 Å². The summed E-state index contributed by atoms with van der Waals surface area (Å²) in [6, 6.07) is -0.0338. The van der Waals surface area contributed by atoms with Gasteiger partial charge in [-0.3, -0.25) is 0 Å². The smallest absolute Gasteiger partial charge is 0.241 e. The van der Waals surface area contributed by atoms with E-state index in [-0.39, 0.29) is 18.6 Å². The maximum absolute atomic E-state index is 9.34. The molecule has 0 aliphatic heterocycles. The van der Waals surface area contributed by atoms with E-state index in [4.69, 9.17) is 0 Å². The van der Waals surface area contributed by atoms with Crippen LogP contribution in [0.1, 0.15) is 64.3 Å². The molecule has 0 spiro atoms. The Morgan fingerprint density at radius 1 is 1.24 bits per heavy atom. The van der Waals surface area contributed by atoms with E-state index in [2.05, 4.69) is 48.1 Å². The van der Waals surface area contributed by atoms with Gasteiger partial charge in [0.1, 0.15) is 0 Å². The summed E-state index contributed by atoms with van der Waals surface area (Å²) in [6.45, 7) is 10.5. The Kier molecular flexibility index (Phi) is 4.77. The highest BCUT2D eigenvalue weighted by molar-refractivity contribution is 5.49. The SMILES string of the molecule is CC[C@H](CO)Nc1nc(C(C)C)c2ncc(C(C)C)n2n1. The van der Waals surface area contributed by atoms with Gasteiger partial charge in [-0.25, -0.2) is 14.5 Å². The van der Waals surface area contributed by atoms with Crippen LogP contribution in [0, 0.1) is 0 Å². The third-order valence-corrected chi connectivity index (χ3v) is 3.60. The van der Waals surface area contributed by atoms with E-state index in [1.54, 1.807) is 0 Å². The van der Waals surface area contributed by atoms with E-state index in [1.807, 2.05) is 17.6 Å². The number of rotatable bonds is 6. The number of nitrogens with one attached hydrogen (secondary N) is 1. The summed E-state index contributed by atoms with van der Waals surface area (Å²) in [5, 5.41) is 17.1. The lowest BCUT2D eigenvalue weighted by molar-refractivity contribution is 0.271. The molecule has 2 aromatic rings. The van der Waals surface area contributed by atoms with Gasteiger partial charge in [-0.05, 0) is 18.3 Å². The molecule has 2 aromatic heterocycles. The molecular formula is C15H25N5O. The molecule has 0 unspecified atom stereocenters. The second kappa shape index (κ2) is 6.39. The summed E-state index contributed by atoms with van der Waals surface area (Å²) in [5.41, 5.74) is 2.80. The molecule has 2 rings (SSSR count). The van der Waals surface area contributed by atoms with Gasteiger partial charge in [-0.2, -0.15) is 0 Å². The van der Waals surface area contributed by atoms with Crippen LogP contribution in [-0.4, -0.2) is 37.3 Å². The Bertz CT molecular complexity index is 601. The average molecular weight is 291 g/mol. The first-order valence-electron chi connectivity index (χ1n) is 7.60. The van der Waals surface area contributed by atoms with Gasteiger partial charge in [0.15, 0.2) is 5.65 Å². The average Bonchev–Trinajstić information content (AvgIpc) is 2.87. The molecule has 0 fully saturated rings. The van der Waals surface area contributed by atoms with Crippen molar-refractivity contribution in [2.24, 2.45) is 0 Å². The first-order valence-corrected chi connectivity index (χ1v) is 7.60. The Morgan fingerprint density at radius 3 is 2.48 bits per heavy atom. The van der Waals surface area contributed by atoms with Gasteiger partial charge in [-0.15, -0.1) is 5.10 Å². The highest BCUT2D eigenvalue weighted by Gasteiger charge is 2.17. The highest BCUT2D eigenvalue weighted by Crippen LogP contribution is 2.22. The zero-order chi connectivity index (χ0) is 15.6. The van der Waals surface area contributed by atoms with Crippen LogP contribution < -0.4 is 5.32 Å². The number of aromatic nitrogens is 4. The summed E-state index contributed by atoms with van der Waals surface area (Å²) in [4.78, 5) is 9.07.